The molecule has 0 aliphatic heterocycles. The molecule has 4 heteroatoms. The largest absolute Gasteiger partial charge is 0.496 e. The Morgan fingerprint density at radius 3 is 2.68 bits per heavy atom. The minimum Gasteiger partial charge on any atom is -0.496 e. The zero-order valence-electron chi connectivity index (χ0n) is 13.7. The van der Waals surface area contributed by atoms with Gasteiger partial charge in [0, 0.05) is 5.56 Å². The summed E-state index contributed by atoms with van der Waals surface area (Å²) in [6.45, 7) is 0. The van der Waals surface area contributed by atoms with E-state index < -0.39 is 0 Å². The highest BCUT2D eigenvalue weighted by Gasteiger charge is 2.11. The van der Waals surface area contributed by atoms with Gasteiger partial charge >= 0.3 is 0 Å². The molecule has 0 spiro atoms. The third-order valence-corrected chi connectivity index (χ3v) is 4.20. The van der Waals surface area contributed by atoms with E-state index in [-0.39, 0.29) is 0 Å². The number of imidazole rings is 1. The second-order valence-electron chi connectivity index (χ2n) is 5.68. The number of methoxy groups -OCH3 is 1. The number of nitriles is 1. The molecule has 0 unspecified atom stereocenters. The maximum Gasteiger partial charge on any atom is 0.149 e. The number of allylic oxidation sites excluding steroid dienone is 1. The van der Waals surface area contributed by atoms with E-state index in [1.807, 2.05) is 66.7 Å². The number of aromatic nitrogens is 2. The highest BCUT2D eigenvalue weighted by Crippen LogP contribution is 2.31. The van der Waals surface area contributed by atoms with Crippen molar-refractivity contribution in [1.29, 1.82) is 5.26 Å². The summed E-state index contributed by atoms with van der Waals surface area (Å²) in [5.74, 6) is 1.28. The summed E-state index contributed by atoms with van der Waals surface area (Å²) in [6.07, 6.45) is 1.83. The molecule has 3 aromatic carbocycles. The zero-order valence-corrected chi connectivity index (χ0v) is 13.7. The van der Waals surface area contributed by atoms with Gasteiger partial charge in [-0.1, -0.05) is 42.5 Å². The first-order valence-electron chi connectivity index (χ1n) is 7.93. The van der Waals surface area contributed by atoms with E-state index in [1.54, 1.807) is 7.11 Å². The minimum absolute atomic E-state index is 0.464. The summed E-state index contributed by atoms with van der Waals surface area (Å²) in [5.41, 5.74) is 3.08. The second kappa shape index (κ2) is 6.14. The molecule has 0 aliphatic rings. The molecule has 0 saturated heterocycles. The van der Waals surface area contributed by atoms with Crippen LogP contribution in [0.2, 0.25) is 0 Å². The first kappa shape index (κ1) is 15.0. The van der Waals surface area contributed by atoms with Gasteiger partial charge in [-0.3, -0.25) is 0 Å². The molecule has 0 aliphatic carbocycles. The lowest BCUT2D eigenvalue weighted by Crippen LogP contribution is -1.91. The number of nitrogens with one attached hydrogen (secondary N) is 1. The van der Waals surface area contributed by atoms with Crippen LogP contribution in [0.25, 0.3) is 33.5 Å². The van der Waals surface area contributed by atoms with E-state index >= 15 is 0 Å². The van der Waals surface area contributed by atoms with Crippen LogP contribution in [0.3, 0.4) is 0 Å². The monoisotopic (exact) mass is 325 g/mol. The van der Waals surface area contributed by atoms with Crippen molar-refractivity contribution in [3.8, 4) is 11.8 Å². The van der Waals surface area contributed by atoms with Crippen LogP contribution in [0.5, 0.6) is 5.75 Å². The molecule has 120 valence electrons. The molecule has 0 saturated carbocycles. The Kier molecular flexibility index (Phi) is 3.68. The van der Waals surface area contributed by atoms with E-state index in [1.165, 1.54) is 0 Å². The van der Waals surface area contributed by atoms with E-state index in [0.717, 1.165) is 33.1 Å². The Labute approximate surface area is 145 Å². The molecule has 0 radical (unpaired) electrons. The quantitative estimate of drug-likeness (QED) is 0.551. The van der Waals surface area contributed by atoms with Gasteiger partial charge < -0.3 is 9.72 Å². The Morgan fingerprint density at radius 1 is 1.08 bits per heavy atom. The van der Waals surface area contributed by atoms with Crippen molar-refractivity contribution in [3.63, 3.8) is 0 Å². The van der Waals surface area contributed by atoms with E-state index in [9.17, 15) is 5.26 Å². The third-order valence-electron chi connectivity index (χ3n) is 4.20. The highest BCUT2D eigenvalue weighted by atomic mass is 16.5. The number of hydrogen-bond donors (Lipinski definition) is 1. The summed E-state index contributed by atoms with van der Waals surface area (Å²) >= 11 is 0. The molecule has 0 atom stereocenters. The van der Waals surface area contributed by atoms with Gasteiger partial charge in [0.25, 0.3) is 0 Å². The average molecular weight is 325 g/mol. The van der Waals surface area contributed by atoms with Crippen LogP contribution in [0.4, 0.5) is 0 Å². The fraction of sp³-hybridized carbons (Fsp3) is 0.0476. The predicted molar refractivity (Wildman–Crippen MR) is 100 cm³/mol. The molecule has 4 rings (SSSR count). The van der Waals surface area contributed by atoms with E-state index in [4.69, 9.17) is 4.74 Å². The van der Waals surface area contributed by atoms with Gasteiger partial charge in [-0.2, -0.15) is 5.26 Å². The summed E-state index contributed by atoms with van der Waals surface area (Å²) < 4.78 is 5.51. The summed E-state index contributed by atoms with van der Waals surface area (Å²) in [4.78, 5) is 7.74. The van der Waals surface area contributed by atoms with Crippen LogP contribution in [-0.4, -0.2) is 17.1 Å². The second-order valence-corrected chi connectivity index (χ2v) is 5.68. The van der Waals surface area contributed by atoms with Gasteiger partial charge in [0.1, 0.15) is 17.6 Å². The molecule has 0 amide bonds. The topological polar surface area (TPSA) is 61.7 Å². The predicted octanol–water partition coefficient (Wildman–Crippen LogP) is 4.79. The van der Waals surface area contributed by atoms with Crippen molar-refractivity contribution in [2.75, 3.05) is 7.11 Å². The number of hydrogen-bond acceptors (Lipinski definition) is 3. The normalized spacial score (nSPS) is 11.6. The van der Waals surface area contributed by atoms with E-state index in [2.05, 4.69) is 16.0 Å². The number of fused-ring (bicyclic) bond motifs is 2. The van der Waals surface area contributed by atoms with Gasteiger partial charge in [0.05, 0.1) is 23.7 Å². The standard InChI is InChI=1S/C21H15N3O/c1-25-20-11-10-14-6-2-3-7-16(14)17(20)12-15(13-22)21-23-18-8-4-5-9-19(18)24-21/h2-12H,1H3,(H,23,24). The van der Waals surface area contributed by atoms with Crippen LogP contribution in [0, 0.1) is 11.3 Å². The summed E-state index contributed by atoms with van der Waals surface area (Å²) in [7, 11) is 1.63. The zero-order chi connectivity index (χ0) is 17.2. The van der Waals surface area contributed by atoms with Crippen molar-refractivity contribution in [3.05, 3.63) is 72.1 Å². The van der Waals surface area contributed by atoms with Crippen LogP contribution in [-0.2, 0) is 0 Å². The average Bonchev–Trinajstić information content (AvgIpc) is 3.09. The van der Waals surface area contributed by atoms with Crippen molar-refractivity contribution in [1.82, 2.24) is 9.97 Å². The van der Waals surface area contributed by atoms with Gasteiger partial charge in [-0.15, -0.1) is 0 Å². The van der Waals surface area contributed by atoms with Crippen LogP contribution < -0.4 is 4.74 Å². The highest BCUT2D eigenvalue weighted by molar-refractivity contribution is 6.00. The first-order chi connectivity index (χ1) is 12.3. The van der Waals surface area contributed by atoms with Gasteiger partial charge in [0.2, 0.25) is 0 Å². The van der Waals surface area contributed by atoms with E-state index in [0.29, 0.717) is 11.4 Å². The van der Waals surface area contributed by atoms with Crippen molar-refractivity contribution < 1.29 is 4.74 Å². The molecule has 4 aromatic rings. The van der Waals surface area contributed by atoms with Crippen molar-refractivity contribution >= 4 is 33.5 Å². The molecule has 1 heterocycles. The van der Waals surface area contributed by atoms with Crippen molar-refractivity contribution in [2.24, 2.45) is 0 Å². The minimum atomic E-state index is 0.464. The third kappa shape index (κ3) is 2.62. The maximum absolute atomic E-state index is 9.68. The Bertz CT molecular complexity index is 1120. The number of aromatic amines is 1. The lowest BCUT2D eigenvalue weighted by molar-refractivity contribution is 0.414. The number of ether oxygens (including phenoxy) is 1. The molecule has 1 N–H and O–H groups in total. The van der Waals surface area contributed by atoms with Gasteiger partial charge in [0.15, 0.2) is 0 Å². The Balaban J connectivity index is 1.94. The molecule has 0 fully saturated rings. The molecular weight excluding hydrogens is 310 g/mol. The van der Waals surface area contributed by atoms with Crippen molar-refractivity contribution in [2.45, 2.75) is 0 Å². The lowest BCUT2D eigenvalue weighted by Gasteiger charge is -2.09. The first-order valence-corrected chi connectivity index (χ1v) is 7.93. The van der Waals surface area contributed by atoms with Crippen LogP contribution >= 0.6 is 0 Å². The number of rotatable bonds is 3. The molecule has 25 heavy (non-hydrogen) atoms. The Hall–Kier alpha value is -3.58. The molecule has 0 bridgehead atoms. The number of H-pyrrole nitrogens is 1. The number of nitrogens with zero attached hydrogens (tertiary/aromatic N) is 2. The molecule has 1 aromatic heterocycles. The fourth-order valence-electron chi connectivity index (χ4n) is 2.98. The lowest BCUT2D eigenvalue weighted by atomic mass is 10.0. The molecular formula is C21H15N3O. The fourth-order valence-corrected chi connectivity index (χ4v) is 2.98. The summed E-state index contributed by atoms with van der Waals surface area (Å²) in [5, 5.41) is 11.8. The van der Waals surface area contributed by atoms with Crippen LogP contribution in [0.1, 0.15) is 11.4 Å². The number of benzene rings is 3. The molecule has 4 nitrogen and oxygen atoms in total. The van der Waals surface area contributed by atoms with Gasteiger partial charge in [-0.25, -0.2) is 4.98 Å². The van der Waals surface area contributed by atoms with Crippen LogP contribution in [0.15, 0.2) is 60.7 Å². The smallest absolute Gasteiger partial charge is 0.149 e. The Morgan fingerprint density at radius 2 is 1.88 bits per heavy atom. The number of para-hydroxylation sites is 2. The van der Waals surface area contributed by atoms with Gasteiger partial charge in [-0.05, 0) is 35.0 Å². The SMILES string of the molecule is COc1ccc2ccccc2c1C=C(C#N)c1nc2ccccc2[nH]1. The maximum atomic E-state index is 9.68. The summed E-state index contributed by atoms with van der Waals surface area (Å²) in [6, 6.07) is 22.0.